The molecule has 1 aliphatic carbocycles. The summed E-state index contributed by atoms with van der Waals surface area (Å²) in [6.07, 6.45) is -1.87. The summed E-state index contributed by atoms with van der Waals surface area (Å²) in [7, 11) is 1.56. The maximum atomic E-state index is 12.7. The Kier molecular flexibility index (Phi) is 5.99. The quantitative estimate of drug-likeness (QED) is 0.417. The van der Waals surface area contributed by atoms with Gasteiger partial charge in [-0.25, -0.2) is 0 Å². The van der Waals surface area contributed by atoms with Gasteiger partial charge in [-0.3, -0.25) is 4.79 Å². The van der Waals surface area contributed by atoms with Crippen molar-refractivity contribution in [3.8, 4) is 0 Å². The van der Waals surface area contributed by atoms with E-state index in [1.165, 1.54) is 0 Å². The third-order valence-electron chi connectivity index (χ3n) is 4.89. The number of rotatable bonds is 5. The molecule has 26 heavy (non-hydrogen) atoms. The molecule has 1 amide bonds. The Bertz CT molecular complexity index is 674. The van der Waals surface area contributed by atoms with Crippen molar-refractivity contribution >= 4 is 40.5 Å². The zero-order valence-corrected chi connectivity index (χ0v) is 15.8. The molecule has 0 spiro atoms. The van der Waals surface area contributed by atoms with E-state index in [2.05, 4.69) is 10.6 Å². The van der Waals surface area contributed by atoms with Crippen LogP contribution in [0.2, 0.25) is 5.02 Å². The van der Waals surface area contributed by atoms with Crippen LogP contribution in [0.15, 0.2) is 24.3 Å². The van der Waals surface area contributed by atoms with Crippen LogP contribution in [-0.4, -0.2) is 65.8 Å². The van der Waals surface area contributed by atoms with Crippen molar-refractivity contribution in [3.63, 3.8) is 0 Å². The second-order valence-corrected chi connectivity index (χ2v) is 7.32. The smallest absolute Gasteiger partial charge is 0.225 e. The first-order valence-corrected chi connectivity index (χ1v) is 9.20. The minimum Gasteiger partial charge on any atom is -0.390 e. The number of aliphatic hydroxyl groups excluding tert-OH is 2. The Labute approximate surface area is 162 Å². The Morgan fingerprint density at radius 1 is 1.42 bits per heavy atom. The number of anilines is 1. The van der Waals surface area contributed by atoms with Crippen LogP contribution in [0.25, 0.3) is 0 Å². The molecule has 2 aliphatic rings. The van der Waals surface area contributed by atoms with E-state index in [4.69, 9.17) is 28.6 Å². The van der Waals surface area contributed by atoms with E-state index in [9.17, 15) is 15.0 Å². The summed E-state index contributed by atoms with van der Waals surface area (Å²) in [6.45, 7) is 0.774. The lowest BCUT2D eigenvalue weighted by Crippen LogP contribution is -2.61. The Morgan fingerprint density at radius 2 is 2.12 bits per heavy atom. The van der Waals surface area contributed by atoms with Gasteiger partial charge in [0.25, 0.3) is 0 Å². The lowest BCUT2D eigenvalue weighted by molar-refractivity contribution is -0.131. The predicted octanol–water partition coefficient (Wildman–Crippen LogP) is 0.276. The Morgan fingerprint density at radius 3 is 2.77 bits per heavy atom. The summed E-state index contributed by atoms with van der Waals surface area (Å²) < 4.78 is 4.96. The number of halogens is 1. The predicted molar refractivity (Wildman–Crippen MR) is 102 cm³/mol. The molecule has 1 aliphatic heterocycles. The maximum Gasteiger partial charge on any atom is 0.225 e. The number of amides is 1. The van der Waals surface area contributed by atoms with Crippen LogP contribution in [-0.2, 0) is 9.53 Å². The van der Waals surface area contributed by atoms with E-state index in [1.54, 1.807) is 19.2 Å². The number of hydrogen-bond donors (Lipinski definition) is 4. The summed E-state index contributed by atoms with van der Waals surface area (Å²) in [5.74, 6) is -0.743. The zero-order valence-electron chi connectivity index (χ0n) is 14.3. The van der Waals surface area contributed by atoms with Crippen LogP contribution >= 0.6 is 23.8 Å². The van der Waals surface area contributed by atoms with Crippen molar-refractivity contribution in [1.82, 2.24) is 10.6 Å². The molecule has 5 unspecified atom stereocenters. The molecule has 142 valence electrons. The van der Waals surface area contributed by atoms with Gasteiger partial charge in [-0.15, -0.1) is 0 Å². The Hall–Kier alpha value is -1.45. The number of benzene rings is 1. The molecule has 1 aromatic rings. The fourth-order valence-corrected chi connectivity index (χ4v) is 4.14. The first-order chi connectivity index (χ1) is 12.4. The molecule has 1 saturated carbocycles. The number of methoxy groups -OCH3 is 1. The van der Waals surface area contributed by atoms with Gasteiger partial charge in [0.1, 0.15) is 6.10 Å². The SMILES string of the molecule is COCCNC(=O)C1CC(O)C(O)C2NC(=S)N(c3ccc(Cl)cc3)C12. The number of nitrogens with one attached hydrogen (secondary N) is 2. The van der Waals surface area contributed by atoms with Crippen LogP contribution in [0.1, 0.15) is 6.42 Å². The van der Waals surface area contributed by atoms with Crippen molar-refractivity contribution in [1.29, 1.82) is 0 Å². The molecule has 5 atom stereocenters. The summed E-state index contributed by atoms with van der Waals surface area (Å²) in [4.78, 5) is 14.6. The van der Waals surface area contributed by atoms with Crippen LogP contribution in [0.5, 0.6) is 0 Å². The van der Waals surface area contributed by atoms with E-state index in [0.717, 1.165) is 5.69 Å². The van der Waals surface area contributed by atoms with E-state index in [-0.39, 0.29) is 12.3 Å². The first-order valence-electron chi connectivity index (χ1n) is 8.42. The summed E-state index contributed by atoms with van der Waals surface area (Å²) in [5, 5.41) is 27.5. The molecule has 1 heterocycles. The molecule has 1 saturated heterocycles. The fraction of sp³-hybridized carbons (Fsp3) is 0.529. The number of ether oxygens (including phenoxy) is 1. The third kappa shape index (κ3) is 3.65. The standard InChI is InChI=1S/C17H22ClN3O4S/c1-25-7-6-19-16(24)11-8-12(22)15(23)13-14(11)21(17(26)20-13)10-4-2-9(18)3-5-10/h2-5,11-15,22-23H,6-8H2,1H3,(H,19,24)(H,20,26). The van der Waals surface area contributed by atoms with Crippen molar-refractivity contribution in [2.24, 2.45) is 5.92 Å². The third-order valence-corrected chi connectivity index (χ3v) is 5.46. The number of hydrogen-bond acceptors (Lipinski definition) is 5. The normalized spacial score (nSPS) is 30.7. The van der Waals surface area contributed by atoms with Gasteiger partial charge in [-0.1, -0.05) is 11.6 Å². The van der Waals surface area contributed by atoms with Gasteiger partial charge in [-0.05, 0) is 42.9 Å². The molecule has 3 rings (SSSR count). The topological polar surface area (TPSA) is 94.1 Å². The van der Waals surface area contributed by atoms with Gasteiger partial charge in [0.15, 0.2) is 5.11 Å². The average molecular weight is 400 g/mol. The van der Waals surface area contributed by atoms with E-state index in [1.807, 2.05) is 17.0 Å². The summed E-state index contributed by atoms with van der Waals surface area (Å²) in [6, 6.07) is 6.17. The largest absolute Gasteiger partial charge is 0.390 e. The second kappa shape index (κ2) is 8.06. The van der Waals surface area contributed by atoms with Gasteiger partial charge in [0.05, 0.1) is 30.7 Å². The minimum atomic E-state index is -1.02. The number of fused-ring (bicyclic) bond motifs is 1. The molecule has 2 fully saturated rings. The van der Waals surface area contributed by atoms with Crippen LogP contribution in [0, 0.1) is 5.92 Å². The number of carbonyl (C=O) groups excluding carboxylic acids is 1. The van der Waals surface area contributed by atoms with Gasteiger partial charge < -0.3 is 30.5 Å². The number of thiocarbonyl (C=S) groups is 1. The van der Waals surface area contributed by atoms with Crippen LogP contribution < -0.4 is 15.5 Å². The Balaban J connectivity index is 1.90. The van der Waals surface area contributed by atoms with Crippen molar-refractivity contribution in [3.05, 3.63) is 29.3 Å². The molecule has 0 bridgehead atoms. The molecule has 4 N–H and O–H groups in total. The van der Waals surface area contributed by atoms with Gasteiger partial charge in [0, 0.05) is 24.4 Å². The van der Waals surface area contributed by atoms with Crippen LogP contribution in [0.4, 0.5) is 5.69 Å². The monoisotopic (exact) mass is 399 g/mol. The molecular formula is C17H22ClN3O4S. The van der Waals surface area contributed by atoms with E-state index in [0.29, 0.717) is 23.3 Å². The maximum absolute atomic E-state index is 12.7. The highest BCUT2D eigenvalue weighted by atomic mass is 35.5. The van der Waals surface area contributed by atoms with Crippen LogP contribution in [0.3, 0.4) is 0 Å². The lowest BCUT2D eigenvalue weighted by atomic mass is 9.77. The van der Waals surface area contributed by atoms with Crippen molar-refractivity contribution in [2.75, 3.05) is 25.2 Å². The van der Waals surface area contributed by atoms with Gasteiger partial charge in [-0.2, -0.15) is 0 Å². The molecule has 9 heteroatoms. The van der Waals surface area contributed by atoms with Crippen molar-refractivity contribution < 1.29 is 19.7 Å². The zero-order chi connectivity index (χ0) is 18.8. The second-order valence-electron chi connectivity index (χ2n) is 6.50. The highest BCUT2D eigenvalue weighted by Gasteiger charge is 2.53. The minimum absolute atomic E-state index is 0.148. The molecular weight excluding hydrogens is 378 g/mol. The van der Waals surface area contributed by atoms with Gasteiger partial charge >= 0.3 is 0 Å². The highest BCUT2D eigenvalue weighted by Crippen LogP contribution is 2.36. The summed E-state index contributed by atoms with van der Waals surface area (Å²) in [5.41, 5.74) is 0.776. The molecule has 0 aromatic heterocycles. The molecule has 0 radical (unpaired) electrons. The van der Waals surface area contributed by atoms with Crippen molar-refractivity contribution in [2.45, 2.75) is 30.7 Å². The first kappa shape index (κ1) is 19.3. The van der Waals surface area contributed by atoms with Gasteiger partial charge in [0.2, 0.25) is 5.91 Å². The number of nitrogens with zero attached hydrogens (tertiary/aromatic N) is 1. The average Bonchev–Trinajstić information content (AvgIpc) is 2.96. The van der Waals surface area contributed by atoms with E-state index >= 15 is 0 Å². The number of carbonyl (C=O) groups is 1. The lowest BCUT2D eigenvalue weighted by Gasteiger charge is -2.41. The fourth-order valence-electron chi connectivity index (χ4n) is 3.65. The molecule has 7 nitrogen and oxygen atoms in total. The number of aliphatic hydroxyl groups is 2. The summed E-state index contributed by atoms with van der Waals surface area (Å²) >= 11 is 11.4. The molecule has 1 aromatic carbocycles. The highest BCUT2D eigenvalue weighted by molar-refractivity contribution is 7.80. The van der Waals surface area contributed by atoms with E-state index < -0.39 is 30.2 Å².